The zero-order chi connectivity index (χ0) is 20.2. The van der Waals surface area contributed by atoms with Gasteiger partial charge in [-0.1, -0.05) is 96.8 Å². The molecule has 0 spiro atoms. The molecule has 0 aromatic heterocycles. The van der Waals surface area contributed by atoms with Gasteiger partial charge in [0, 0.05) is 6.42 Å². The van der Waals surface area contributed by atoms with E-state index in [1.165, 1.54) is 77.0 Å². The van der Waals surface area contributed by atoms with Gasteiger partial charge >= 0.3 is 47.5 Å². The van der Waals surface area contributed by atoms with Crippen LogP contribution in [0.3, 0.4) is 0 Å². The first-order valence-corrected chi connectivity index (χ1v) is 11.0. The number of carbonyl (C=O) groups is 3. The van der Waals surface area contributed by atoms with Crippen molar-refractivity contribution in [2.45, 2.75) is 122 Å². The van der Waals surface area contributed by atoms with Crippen molar-refractivity contribution in [3.63, 3.8) is 0 Å². The quantitative estimate of drug-likeness (QED) is 0.131. The Morgan fingerprint density at radius 2 is 0.929 bits per heavy atom. The Morgan fingerprint density at radius 1 is 0.571 bits per heavy atom. The third-order valence-electron chi connectivity index (χ3n) is 4.76. The predicted molar refractivity (Wildman–Crippen MR) is 115 cm³/mol. The zero-order valence-corrected chi connectivity index (χ0v) is 17.3. The number of aliphatic carboxylic acids is 1. The minimum absolute atomic E-state index is 0. The minimum atomic E-state index is -1.07. The molecule has 0 saturated carbocycles. The fraction of sp³-hybridized carbons (Fsp3) is 0.864. The average molecular weight is 409 g/mol. The molecule has 0 unspecified atom stereocenters. The van der Waals surface area contributed by atoms with E-state index in [0.29, 0.717) is 0 Å². The summed E-state index contributed by atoms with van der Waals surface area (Å²) < 4.78 is 4.58. The summed E-state index contributed by atoms with van der Waals surface area (Å²) in [6.07, 6.45) is 18.6. The fourth-order valence-corrected chi connectivity index (χ4v) is 3.08. The summed E-state index contributed by atoms with van der Waals surface area (Å²) in [5, 5.41) is 8.46. The Hall–Kier alpha value is -0.390. The molecule has 1 N–H and O–H groups in total. The molecule has 0 aliphatic rings. The first-order valence-electron chi connectivity index (χ1n) is 11.0. The Kier molecular flexibility index (Phi) is 24.4. The Bertz CT molecular complexity index is 398. The van der Waals surface area contributed by atoms with Gasteiger partial charge in [0.25, 0.3) is 0 Å². The molecule has 0 fully saturated rings. The van der Waals surface area contributed by atoms with Crippen molar-refractivity contribution in [2.75, 3.05) is 0 Å². The standard InChI is InChI=1S/C22H40O5.Na.H/c1-2-3-4-5-6-7-8-9-10-11-12-13-14-15-16-17-21(25)27-22(26)19-18-20(23)24;;/h2-19H2,1H3,(H,23,24);;. The normalized spacial score (nSPS) is 10.3. The molecule has 0 atom stereocenters. The van der Waals surface area contributed by atoms with Crippen molar-refractivity contribution in [1.82, 2.24) is 0 Å². The summed E-state index contributed by atoms with van der Waals surface area (Å²) in [6.45, 7) is 2.25. The number of carboxylic acids is 1. The van der Waals surface area contributed by atoms with Gasteiger partial charge < -0.3 is 9.84 Å². The van der Waals surface area contributed by atoms with E-state index in [0.717, 1.165) is 19.3 Å². The molecule has 0 aliphatic carbocycles. The van der Waals surface area contributed by atoms with Gasteiger partial charge in [-0.3, -0.25) is 14.4 Å². The number of rotatable bonds is 19. The second-order valence-electron chi connectivity index (χ2n) is 7.44. The van der Waals surface area contributed by atoms with Crippen LogP contribution in [0.25, 0.3) is 0 Å². The van der Waals surface area contributed by atoms with Crippen LogP contribution in [0.5, 0.6) is 0 Å². The maximum atomic E-state index is 11.4. The molecule has 5 nitrogen and oxygen atoms in total. The Balaban J connectivity index is 0. The summed E-state index contributed by atoms with van der Waals surface area (Å²) >= 11 is 0. The number of ether oxygens (including phenoxy) is 1. The van der Waals surface area contributed by atoms with Crippen LogP contribution >= 0.6 is 0 Å². The van der Waals surface area contributed by atoms with Crippen LogP contribution in [0.1, 0.15) is 122 Å². The first kappa shape index (κ1) is 29.8. The van der Waals surface area contributed by atoms with Crippen LogP contribution in [0.15, 0.2) is 0 Å². The fourth-order valence-electron chi connectivity index (χ4n) is 3.08. The van der Waals surface area contributed by atoms with Crippen LogP contribution in [-0.4, -0.2) is 52.6 Å². The average Bonchev–Trinajstić information content (AvgIpc) is 2.63. The summed E-state index contributed by atoms with van der Waals surface area (Å²) in [6, 6.07) is 0. The molecular formula is C22H41NaO5. The van der Waals surface area contributed by atoms with E-state index >= 15 is 0 Å². The van der Waals surface area contributed by atoms with Crippen LogP contribution in [0.2, 0.25) is 0 Å². The number of carboxylic acid groups (broad SMARTS) is 1. The van der Waals surface area contributed by atoms with E-state index in [1.807, 2.05) is 0 Å². The number of hydrogen-bond donors (Lipinski definition) is 1. The van der Waals surface area contributed by atoms with Crippen molar-refractivity contribution < 1.29 is 24.2 Å². The third-order valence-corrected chi connectivity index (χ3v) is 4.76. The summed E-state index contributed by atoms with van der Waals surface area (Å²) in [4.78, 5) is 33.0. The first-order chi connectivity index (χ1) is 13.1. The predicted octanol–water partition coefficient (Wildman–Crippen LogP) is 5.53. The number of hydrogen-bond acceptors (Lipinski definition) is 4. The zero-order valence-electron chi connectivity index (χ0n) is 17.3. The van der Waals surface area contributed by atoms with E-state index in [-0.39, 0.29) is 48.8 Å². The van der Waals surface area contributed by atoms with E-state index in [2.05, 4.69) is 11.7 Å². The molecule has 0 aromatic rings. The van der Waals surface area contributed by atoms with Gasteiger partial charge in [0.05, 0.1) is 12.8 Å². The molecule has 0 amide bonds. The molecule has 28 heavy (non-hydrogen) atoms. The number of unbranched alkanes of at least 4 members (excludes halogenated alkanes) is 14. The molecule has 0 aliphatic heterocycles. The molecule has 0 heterocycles. The van der Waals surface area contributed by atoms with Crippen LogP contribution < -0.4 is 0 Å². The van der Waals surface area contributed by atoms with E-state index in [4.69, 9.17) is 5.11 Å². The van der Waals surface area contributed by atoms with Crippen molar-refractivity contribution in [1.29, 1.82) is 0 Å². The molecule has 0 radical (unpaired) electrons. The van der Waals surface area contributed by atoms with Gasteiger partial charge in [-0.2, -0.15) is 0 Å². The van der Waals surface area contributed by atoms with Gasteiger partial charge in [-0.25, -0.2) is 0 Å². The van der Waals surface area contributed by atoms with E-state index in [1.54, 1.807) is 0 Å². The van der Waals surface area contributed by atoms with Gasteiger partial charge in [0.2, 0.25) is 0 Å². The molecule has 6 heteroatoms. The van der Waals surface area contributed by atoms with Gasteiger partial charge in [0.1, 0.15) is 0 Å². The molecule has 0 rings (SSSR count). The van der Waals surface area contributed by atoms with Crippen molar-refractivity contribution >= 4 is 47.5 Å². The summed E-state index contributed by atoms with van der Waals surface area (Å²) in [5.41, 5.74) is 0. The number of carbonyl (C=O) groups excluding carboxylic acids is 2. The molecule has 0 saturated heterocycles. The third kappa shape index (κ3) is 23.6. The molecule has 0 bridgehead atoms. The molecule has 160 valence electrons. The number of esters is 2. The summed E-state index contributed by atoms with van der Waals surface area (Å²) in [7, 11) is 0. The van der Waals surface area contributed by atoms with Crippen LogP contribution in [0, 0.1) is 0 Å². The molecule has 0 aromatic carbocycles. The van der Waals surface area contributed by atoms with Crippen LogP contribution in [0.4, 0.5) is 0 Å². The summed E-state index contributed by atoms with van der Waals surface area (Å²) in [5.74, 6) is -2.36. The molecular weight excluding hydrogens is 367 g/mol. The second kappa shape index (κ2) is 22.9. The second-order valence-corrected chi connectivity index (χ2v) is 7.44. The monoisotopic (exact) mass is 408 g/mol. The van der Waals surface area contributed by atoms with Crippen LogP contribution in [-0.2, 0) is 19.1 Å². The SMILES string of the molecule is CCCCCCCCCCCCCCCCCC(=O)OC(=O)CCC(=O)O.[NaH]. The van der Waals surface area contributed by atoms with Gasteiger partial charge in [-0.05, 0) is 6.42 Å². The van der Waals surface area contributed by atoms with Crippen molar-refractivity contribution in [3.8, 4) is 0 Å². The van der Waals surface area contributed by atoms with E-state index < -0.39 is 17.9 Å². The van der Waals surface area contributed by atoms with Crippen molar-refractivity contribution in [2.24, 2.45) is 0 Å². The Labute approximate surface area is 193 Å². The van der Waals surface area contributed by atoms with E-state index in [9.17, 15) is 14.4 Å². The van der Waals surface area contributed by atoms with Gasteiger partial charge in [-0.15, -0.1) is 0 Å². The maximum absolute atomic E-state index is 11.4. The Morgan fingerprint density at radius 3 is 1.32 bits per heavy atom. The van der Waals surface area contributed by atoms with Gasteiger partial charge in [0.15, 0.2) is 0 Å². The van der Waals surface area contributed by atoms with Crippen molar-refractivity contribution in [3.05, 3.63) is 0 Å². The topological polar surface area (TPSA) is 80.7 Å².